The number of nitrogens with one attached hydrogen (secondary N) is 1. The van der Waals surface area contributed by atoms with Crippen molar-refractivity contribution in [2.75, 3.05) is 18.1 Å². The van der Waals surface area contributed by atoms with Crippen LogP contribution in [-0.4, -0.2) is 25.2 Å². The normalized spacial score (nSPS) is 20.7. The summed E-state index contributed by atoms with van der Waals surface area (Å²) in [4.78, 5) is 15.2. The first-order valence-electron chi connectivity index (χ1n) is 11.3. The summed E-state index contributed by atoms with van der Waals surface area (Å²) in [6.07, 6.45) is 2.71. The Morgan fingerprint density at radius 3 is 2.85 bits per heavy atom. The van der Waals surface area contributed by atoms with Gasteiger partial charge in [-0.25, -0.2) is 0 Å². The van der Waals surface area contributed by atoms with E-state index in [4.69, 9.17) is 15.2 Å². The molecule has 2 atom stereocenters. The van der Waals surface area contributed by atoms with Gasteiger partial charge < -0.3 is 25.4 Å². The topological polar surface area (TPSA) is 76.8 Å². The fourth-order valence-electron chi connectivity index (χ4n) is 4.89. The third-order valence-electron chi connectivity index (χ3n) is 6.58. The molecule has 0 saturated heterocycles. The molecule has 6 nitrogen and oxygen atoms in total. The Morgan fingerprint density at radius 1 is 1.09 bits per heavy atom. The van der Waals surface area contributed by atoms with E-state index in [1.54, 1.807) is 0 Å². The van der Waals surface area contributed by atoms with E-state index in [9.17, 15) is 4.79 Å². The number of nitrogens with two attached hydrogens (primary N) is 1. The molecule has 0 aliphatic carbocycles. The summed E-state index contributed by atoms with van der Waals surface area (Å²) in [5.41, 5.74) is 12.2. The van der Waals surface area contributed by atoms with Crippen molar-refractivity contribution < 1.29 is 14.3 Å². The second-order valence-electron chi connectivity index (χ2n) is 8.69. The van der Waals surface area contributed by atoms with Gasteiger partial charge in [0.2, 0.25) is 0 Å². The standard InChI is InChI=1S/C27H25N3O3/c28-23-11-12-30-25-21(23)7-4-8-22(25)27(31)29-26(30)19-13-18-9-10-20(14-24(18)33-16-19)32-15-17-5-2-1-3-6-17/h1-10,13-14,23,26H,11-12,15-16,28H2,(H,29,31)/t23-,26+/m1/s1. The Morgan fingerprint density at radius 2 is 1.97 bits per heavy atom. The van der Waals surface area contributed by atoms with Crippen LogP contribution >= 0.6 is 0 Å². The Labute approximate surface area is 192 Å². The van der Waals surface area contributed by atoms with E-state index in [0.29, 0.717) is 18.8 Å². The smallest absolute Gasteiger partial charge is 0.255 e. The SMILES string of the molecule is N[C@@H]1CCN2c3c(cccc31)C(=O)N[C@@H]2C1=Cc2ccc(OCc3ccccc3)cc2OC1. The van der Waals surface area contributed by atoms with Gasteiger partial charge in [-0.3, -0.25) is 4.79 Å². The van der Waals surface area contributed by atoms with Crippen LogP contribution in [0.1, 0.15) is 39.5 Å². The first-order valence-corrected chi connectivity index (χ1v) is 11.3. The maximum Gasteiger partial charge on any atom is 0.255 e. The highest BCUT2D eigenvalue weighted by molar-refractivity contribution is 6.03. The second kappa shape index (κ2) is 7.98. The van der Waals surface area contributed by atoms with Crippen molar-refractivity contribution in [2.45, 2.75) is 25.2 Å². The van der Waals surface area contributed by atoms with E-state index < -0.39 is 0 Å². The number of benzene rings is 3. The number of carbonyl (C=O) groups excluding carboxylic acids is 1. The van der Waals surface area contributed by atoms with E-state index in [1.807, 2.05) is 66.7 Å². The molecule has 3 N–H and O–H groups in total. The summed E-state index contributed by atoms with van der Waals surface area (Å²) in [7, 11) is 0. The van der Waals surface area contributed by atoms with Crippen LogP contribution in [0, 0.1) is 0 Å². The van der Waals surface area contributed by atoms with E-state index in [1.165, 1.54) is 0 Å². The van der Waals surface area contributed by atoms with Gasteiger partial charge in [-0.2, -0.15) is 0 Å². The predicted molar refractivity (Wildman–Crippen MR) is 127 cm³/mol. The number of para-hydroxylation sites is 1. The monoisotopic (exact) mass is 439 g/mol. The van der Waals surface area contributed by atoms with Gasteiger partial charge >= 0.3 is 0 Å². The van der Waals surface area contributed by atoms with Crippen molar-refractivity contribution in [1.82, 2.24) is 5.32 Å². The molecule has 3 heterocycles. The number of rotatable bonds is 4. The molecule has 0 saturated carbocycles. The summed E-state index contributed by atoms with van der Waals surface area (Å²) < 4.78 is 12.1. The largest absolute Gasteiger partial charge is 0.489 e. The number of hydrogen-bond donors (Lipinski definition) is 2. The fraction of sp³-hybridized carbons (Fsp3) is 0.222. The van der Waals surface area contributed by atoms with Crippen LogP contribution in [0.25, 0.3) is 6.08 Å². The number of fused-ring (bicyclic) bond motifs is 1. The lowest BCUT2D eigenvalue weighted by Gasteiger charge is -2.45. The highest BCUT2D eigenvalue weighted by atomic mass is 16.5. The van der Waals surface area contributed by atoms with Crippen LogP contribution in [0.15, 0.2) is 72.3 Å². The van der Waals surface area contributed by atoms with Gasteiger partial charge in [-0.05, 0) is 41.8 Å². The lowest BCUT2D eigenvalue weighted by molar-refractivity contribution is 0.0930. The molecule has 0 unspecified atom stereocenters. The van der Waals surface area contributed by atoms with Crippen molar-refractivity contribution >= 4 is 17.7 Å². The number of ether oxygens (including phenoxy) is 2. The van der Waals surface area contributed by atoms with E-state index >= 15 is 0 Å². The zero-order valence-electron chi connectivity index (χ0n) is 18.2. The molecular weight excluding hydrogens is 414 g/mol. The quantitative estimate of drug-likeness (QED) is 0.642. The summed E-state index contributed by atoms with van der Waals surface area (Å²) >= 11 is 0. The Kier molecular flexibility index (Phi) is 4.80. The average molecular weight is 440 g/mol. The molecule has 3 aromatic carbocycles. The molecule has 0 spiro atoms. The minimum Gasteiger partial charge on any atom is -0.489 e. The number of hydrogen-bond acceptors (Lipinski definition) is 5. The van der Waals surface area contributed by atoms with Crippen molar-refractivity contribution in [1.29, 1.82) is 0 Å². The zero-order valence-corrected chi connectivity index (χ0v) is 18.2. The van der Waals surface area contributed by atoms with Gasteiger partial charge in [0.05, 0.1) is 11.3 Å². The lowest BCUT2D eigenvalue weighted by Crippen LogP contribution is -2.57. The third-order valence-corrected chi connectivity index (χ3v) is 6.58. The first-order chi connectivity index (χ1) is 16.2. The van der Waals surface area contributed by atoms with Gasteiger partial charge in [-0.1, -0.05) is 42.5 Å². The highest BCUT2D eigenvalue weighted by Gasteiger charge is 2.38. The number of nitrogens with zero attached hydrogens (tertiary/aromatic N) is 1. The molecule has 6 heteroatoms. The van der Waals surface area contributed by atoms with Gasteiger partial charge in [0.25, 0.3) is 5.91 Å². The molecule has 166 valence electrons. The minimum atomic E-state index is -0.249. The van der Waals surface area contributed by atoms with Crippen LogP contribution in [0.3, 0.4) is 0 Å². The molecule has 0 bridgehead atoms. The third kappa shape index (κ3) is 3.52. The van der Waals surface area contributed by atoms with Gasteiger partial charge in [0.15, 0.2) is 0 Å². The lowest BCUT2D eigenvalue weighted by atomic mass is 9.90. The zero-order chi connectivity index (χ0) is 22.4. The average Bonchev–Trinajstić information content (AvgIpc) is 2.86. The number of amides is 1. The van der Waals surface area contributed by atoms with Crippen molar-refractivity contribution in [3.8, 4) is 11.5 Å². The van der Waals surface area contributed by atoms with Crippen molar-refractivity contribution in [3.05, 3.63) is 94.6 Å². The molecular formula is C27H25N3O3. The molecule has 0 radical (unpaired) electrons. The van der Waals surface area contributed by atoms with Crippen LogP contribution in [-0.2, 0) is 6.61 Å². The predicted octanol–water partition coefficient (Wildman–Crippen LogP) is 4.02. The second-order valence-corrected chi connectivity index (χ2v) is 8.69. The molecule has 1 amide bonds. The number of carbonyl (C=O) groups is 1. The van der Waals surface area contributed by atoms with Gasteiger partial charge in [0.1, 0.15) is 30.9 Å². The highest BCUT2D eigenvalue weighted by Crippen LogP contribution is 2.41. The molecule has 3 aromatic rings. The van der Waals surface area contributed by atoms with E-state index in [2.05, 4.69) is 16.3 Å². The van der Waals surface area contributed by atoms with Gasteiger partial charge in [0, 0.05) is 29.8 Å². The van der Waals surface area contributed by atoms with Crippen LogP contribution in [0.5, 0.6) is 11.5 Å². The maximum absolute atomic E-state index is 12.9. The minimum absolute atomic E-state index is 0.0469. The Bertz CT molecular complexity index is 1250. The first kappa shape index (κ1) is 19.9. The maximum atomic E-state index is 12.9. The molecule has 3 aliphatic rings. The van der Waals surface area contributed by atoms with Crippen molar-refractivity contribution in [2.24, 2.45) is 5.73 Å². The van der Waals surface area contributed by atoms with Crippen LogP contribution in [0.4, 0.5) is 5.69 Å². The molecule has 0 fully saturated rings. The summed E-state index contributed by atoms with van der Waals surface area (Å²) in [6, 6.07) is 21.7. The van der Waals surface area contributed by atoms with E-state index in [0.717, 1.165) is 52.4 Å². The molecule has 6 rings (SSSR count). The number of anilines is 1. The van der Waals surface area contributed by atoms with Crippen LogP contribution in [0.2, 0.25) is 0 Å². The Balaban J connectivity index is 1.26. The fourth-order valence-corrected chi connectivity index (χ4v) is 4.89. The Hall–Kier alpha value is -3.77. The van der Waals surface area contributed by atoms with E-state index in [-0.39, 0.29) is 18.1 Å². The summed E-state index contributed by atoms with van der Waals surface area (Å²) in [6.45, 7) is 1.69. The summed E-state index contributed by atoms with van der Waals surface area (Å²) in [5, 5.41) is 3.17. The van der Waals surface area contributed by atoms with Crippen molar-refractivity contribution in [3.63, 3.8) is 0 Å². The van der Waals surface area contributed by atoms with Gasteiger partial charge in [-0.15, -0.1) is 0 Å². The molecule has 0 aromatic heterocycles. The molecule has 33 heavy (non-hydrogen) atoms. The summed E-state index contributed by atoms with van der Waals surface area (Å²) in [5.74, 6) is 1.48. The molecule has 3 aliphatic heterocycles. The van der Waals surface area contributed by atoms with Crippen LogP contribution < -0.4 is 25.4 Å².